The van der Waals surface area contributed by atoms with Gasteiger partial charge in [-0.15, -0.1) is 0 Å². The summed E-state index contributed by atoms with van der Waals surface area (Å²) in [6.07, 6.45) is 2.71. The van der Waals surface area contributed by atoms with Crippen LogP contribution in [-0.2, 0) is 9.59 Å². The Balaban J connectivity index is 1.96. The van der Waals surface area contributed by atoms with Crippen molar-refractivity contribution in [2.75, 3.05) is 42.7 Å². The van der Waals surface area contributed by atoms with Gasteiger partial charge in [0.2, 0.25) is 11.5 Å². The van der Waals surface area contributed by atoms with E-state index in [4.69, 9.17) is 37.9 Å². The van der Waals surface area contributed by atoms with Crippen LogP contribution in [0, 0.1) is 0 Å². The summed E-state index contributed by atoms with van der Waals surface area (Å²) in [4.78, 5) is 28.1. The summed E-state index contributed by atoms with van der Waals surface area (Å²) in [5.41, 5.74) is 0.0784. The topological polar surface area (TPSA) is 148 Å². The molecule has 0 aliphatic carbocycles. The lowest BCUT2D eigenvalue weighted by atomic mass is 9.99. The average Bonchev–Trinajstić information content (AvgIpc) is 3.11. The van der Waals surface area contributed by atoms with Crippen LogP contribution in [0.25, 0.3) is 12.2 Å². The number of phenolic OH excluding ortho intramolecular Hbond substituents is 2. The van der Waals surface area contributed by atoms with Crippen molar-refractivity contribution >= 4 is 24.1 Å². The molecular formula is C36H34O12. The lowest BCUT2D eigenvalue weighted by Gasteiger charge is -2.15. The number of ether oxygens (including phenoxy) is 8. The standard InChI is InChI=1S/C36H34O12/c1-41-23-7-11-25(12-8-23)47-35(39)27(15-21-17-29(43-3)33(37)30(18-21)44-4)28(36(40)48-26-13-9-24(42-2)10-14-26)16-22-19-31(45-5)34(38)32(20-22)46-6/h7-20,37-38H,1-6H3/b27-15-,28-16-. The van der Waals surface area contributed by atoms with E-state index in [1.54, 1.807) is 24.3 Å². The van der Waals surface area contributed by atoms with Crippen LogP contribution in [0.3, 0.4) is 0 Å². The van der Waals surface area contributed by atoms with Crippen molar-refractivity contribution in [3.8, 4) is 57.5 Å². The molecule has 4 aromatic carbocycles. The predicted octanol–water partition coefficient (Wildman–Crippen LogP) is 5.83. The van der Waals surface area contributed by atoms with Gasteiger partial charge >= 0.3 is 11.9 Å². The first-order chi connectivity index (χ1) is 23.1. The van der Waals surface area contributed by atoms with E-state index in [0.29, 0.717) is 22.6 Å². The highest BCUT2D eigenvalue weighted by Crippen LogP contribution is 2.40. The first-order valence-corrected chi connectivity index (χ1v) is 14.2. The first kappa shape index (κ1) is 34.6. The number of phenols is 2. The van der Waals surface area contributed by atoms with Gasteiger partial charge in [0.1, 0.15) is 23.0 Å². The molecule has 2 N–H and O–H groups in total. The van der Waals surface area contributed by atoms with Crippen molar-refractivity contribution in [2.24, 2.45) is 0 Å². The molecule has 0 unspecified atom stereocenters. The highest BCUT2D eigenvalue weighted by molar-refractivity contribution is 6.13. The Morgan fingerprint density at radius 1 is 0.458 bits per heavy atom. The van der Waals surface area contributed by atoms with Crippen LogP contribution >= 0.6 is 0 Å². The number of benzene rings is 4. The molecule has 0 saturated carbocycles. The monoisotopic (exact) mass is 658 g/mol. The molecular weight excluding hydrogens is 624 g/mol. The van der Waals surface area contributed by atoms with Gasteiger partial charge in [0.25, 0.3) is 0 Å². The zero-order valence-electron chi connectivity index (χ0n) is 27.1. The van der Waals surface area contributed by atoms with Gasteiger partial charge in [-0.3, -0.25) is 0 Å². The Kier molecular flexibility index (Phi) is 11.4. The van der Waals surface area contributed by atoms with Crippen LogP contribution in [-0.4, -0.2) is 64.8 Å². The number of hydrogen-bond acceptors (Lipinski definition) is 12. The van der Waals surface area contributed by atoms with E-state index in [9.17, 15) is 19.8 Å². The van der Waals surface area contributed by atoms with Gasteiger partial charge in [0.15, 0.2) is 23.0 Å². The van der Waals surface area contributed by atoms with E-state index in [1.165, 1.54) is 103 Å². The minimum absolute atomic E-state index is 0.0443. The highest BCUT2D eigenvalue weighted by atomic mass is 16.5. The van der Waals surface area contributed by atoms with Crippen LogP contribution in [0.2, 0.25) is 0 Å². The smallest absolute Gasteiger partial charge is 0.344 e. The van der Waals surface area contributed by atoms with Gasteiger partial charge in [-0.25, -0.2) is 9.59 Å². The molecule has 0 aromatic heterocycles. The Morgan fingerprint density at radius 2 is 0.729 bits per heavy atom. The van der Waals surface area contributed by atoms with E-state index in [0.717, 1.165) is 0 Å². The van der Waals surface area contributed by atoms with Crippen LogP contribution in [0.15, 0.2) is 83.9 Å². The second-order valence-corrected chi connectivity index (χ2v) is 9.79. The summed E-state index contributed by atoms with van der Waals surface area (Å²) in [5, 5.41) is 21.0. The maximum atomic E-state index is 14.0. The van der Waals surface area contributed by atoms with E-state index in [1.807, 2.05) is 0 Å². The molecule has 0 amide bonds. The van der Waals surface area contributed by atoms with Crippen molar-refractivity contribution in [3.05, 3.63) is 95.1 Å². The Bertz CT molecular complexity index is 1640. The molecule has 12 nitrogen and oxygen atoms in total. The number of aromatic hydroxyl groups is 2. The van der Waals surface area contributed by atoms with Crippen molar-refractivity contribution in [2.45, 2.75) is 0 Å². The summed E-state index contributed by atoms with van der Waals surface area (Å²) in [5.74, 6) is -0.859. The largest absolute Gasteiger partial charge is 0.502 e. The number of hydrogen-bond donors (Lipinski definition) is 2. The molecule has 0 radical (unpaired) electrons. The molecule has 0 saturated heterocycles. The van der Waals surface area contributed by atoms with E-state index in [-0.39, 0.29) is 57.1 Å². The normalized spacial score (nSPS) is 11.3. The molecule has 0 bridgehead atoms. The maximum Gasteiger partial charge on any atom is 0.344 e. The van der Waals surface area contributed by atoms with Crippen molar-refractivity contribution in [1.82, 2.24) is 0 Å². The van der Waals surface area contributed by atoms with Crippen molar-refractivity contribution in [1.29, 1.82) is 0 Å². The number of rotatable bonds is 13. The average molecular weight is 659 g/mol. The first-order valence-electron chi connectivity index (χ1n) is 14.2. The minimum atomic E-state index is -0.943. The van der Waals surface area contributed by atoms with E-state index >= 15 is 0 Å². The SMILES string of the molecule is COc1ccc(OC(=O)C(=C\c2cc(OC)c(O)c(OC)c2)/C(=C/c2cc(OC)c(O)c(OC)c2)C(=O)Oc2ccc(OC)cc2)cc1. The van der Waals surface area contributed by atoms with Crippen molar-refractivity contribution in [3.63, 3.8) is 0 Å². The zero-order chi connectivity index (χ0) is 34.8. The van der Waals surface area contributed by atoms with Crippen LogP contribution < -0.4 is 37.9 Å². The molecule has 4 rings (SSSR count). The van der Waals surface area contributed by atoms with Gasteiger partial charge in [-0.1, -0.05) is 0 Å². The molecule has 250 valence electrons. The van der Waals surface area contributed by atoms with Gasteiger partial charge in [0, 0.05) is 0 Å². The molecule has 0 aliphatic heterocycles. The van der Waals surface area contributed by atoms with E-state index < -0.39 is 11.9 Å². The van der Waals surface area contributed by atoms with Crippen LogP contribution in [0.1, 0.15) is 11.1 Å². The fourth-order valence-electron chi connectivity index (χ4n) is 4.43. The second-order valence-electron chi connectivity index (χ2n) is 9.79. The maximum absolute atomic E-state index is 14.0. The summed E-state index contributed by atoms with van der Waals surface area (Å²) >= 11 is 0. The third-order valence-electron chi connectivity index (χ3n) is 6.90. The molecule has 0 spiro atoms. The van der Waals surface area contributed by atoms with Gasteiger partial charge in [-0.2, -0.15) is 0 Å². The number of carbonyl (C=O) groups is 2. The number of esters is 2. The summed E-state index contributed by atoms with van der Waals surface area (Å²) in [7, 11) is 8.41. The van der Waals surface area contributed by atoms with Crippen molar-refractivity contribution < 1.29 is 57.7 Å². The minimum Gasteiger partial charge on any atom is -0.502 e. The quantitative estimate of drug-likeness (QED) is 0.0771. The van der Waals surface area contributed by atoms with Crippen LogP contribution in [0.4, 0.5) is 0 Å². The number of methoxy groups -OCH3 is 6. The zero-order valence-corrected chi connectivity index (χ0v) is 27.1. The lowest BCUT2D eigenvalue weighted by molar-refractivity contribution is -0.133. The molecule has 12 heteroatoms. The fourth-order valence-corrected chi connectivity index (χ4v) is 4.43. The molecule has 0 aliphatic rings. The third-order valence-corrected chi connectivity index (χ3v) is 6.90. The van der Waals surface area contributed by atoms with E-state index in [2.05, 4.69) is 0 Å². The Morgan fingerprint density at radius 3 is 0.979 bits per heavy atom. The van der Waals surface area contributed by atoms with Gasteiger partial charge < -0.3 is 48.1 Å². The molecule has 0 atom stereocenters. The fraction of sp³-hybridized carbons (Fsp3) is 0.167. The predicted molar refractivity (Wildman–Crippen MR) is 176 cm³/mol. The second kappa shape index (κ2) is 15.8. The third kappa shape index (κ3) is 8.10. The summed E-state index contributed by atoms with van der Waals surface area (Å²) in [6, 6.07) is 18.3. The molecule has 4 aromatic rings. The van der Waals surface area contributed by atoms with Gasteiger partial charge in [0.05, 0.1) is 53.8 Å². The Hall–Kier alpha value is -6.30. The summed E-state index contributed by atoms with van der Waals surface area (Å²) < 4.78 is 43.0. The van der Waals surface area contributed by atoms with Crippen LogP contribution in [0.5, 0.6) is 57.5 Å². The lowest BCUT2D eigenvalue weighted by Crippen LogP contribution is -2.20. The highest BCUT2D eigenvalue weighted by Gasteiger charge is 2.26. The Labute approximate surface area is 276 Å². The number of carbonyl (C=O) groups excluding carboxylic acids is 2. The van der Waals surface area contributed by atoms with Gasteiger partial charge in [-0.05, 0) is 96.1 Å². The molecule has 0 fully saturated rings. The molecule has 48 heavy (non-hydrogen) atoms. The summed E-state index contributed by atoms with van der Waals surface area (Å²) in [6.45, 7) is 0. The molecule has 0 heterocycles.